The van der Waals surface area contributed by atoms with E-state index in [0.717, 1.165) is 45.6 Å². The van der Waals surface area contributed by atoms with E-state index in [1.165, 1.54) is 16.9 Å². The van der Waals surface area contributed by atoms with Gasteiger partial charge in [-0.05, 0) is 30.2 Å². The third kappa shape index (κ3) is 2.31. The molecule has 0 atom stereocenters. The third-order valence-corrected chi connectivity index (χ3v) is 6.57. The Balaban J connectivity index is 2.10. The molecule has 0 saturated carbocycles. The van der Waals surface area contributed by atoms with Gasteiger partial charge in [-0.25, -0.2) is 4.98 Å². The first-order valence-electron chi connectivity index (χ1n) is 7.80. The van der Waals surface area contributed by atoms with Gasteiger partial charge >= 0.3 is 0 Å². The van der Waals surface area contributed by atoms with Crippen LogP contribution in [-0.2, 0) is 12.8 Å². The van der Waals surface area contributed by atoms with E-state index in [-0.39, 0.29) is 5.41 Å². The van der Waals surface area contributed by atoms with Gasteiger partial charge in [0.2, 0.25) is 0 Å². The first-order valence-corrected chi connectivity index (χ1v) is 9.49. The van der Waals surface area contributed by atoms with Crippen molar-refractivity contribution in [3.63, 3.8) is 0 Å². The highest BCUT2D eigenvalue weighted by molar-refractivity contribution is 7.21. The minimum Gasteiger partial charge on any atom is -0.397 e. The summed E-state index contributed by atoms with van der Waals surface area (Å²) in [5.41, 5.74) is 17.7. The number of hydrogen-bond acceptors (Lipinski definition) is 6. The van der Waals surface area contributed by atoms with Crippen LogP contribution in [-0.4, -0.2) is 15.9 Å². The van der Waals surface area contributed by atoms with E-state index in [1.54, 1.807) is 11.3 Å². The number of amides is 1. The Morgan fingerprint density at radius 3 is 2.83 bits per heavy atom. The zero-order valence-corrected chi connectivity index (χ0v) is 15.2. The number of pyridine rings is 1. The number of fused-ring (bicyclic) bond motifs is 2. The lowest BCUT2D eigenvalue weighted by Gasteiger charge is -2.31. The molecule has 4 N–H and O–H groups in total. The molecule has 0 aromatic carbocycles. The molecule has 0 spiro atoms. The smallest absolute Gasteiger partial charge is 0.260 e. The van der Waals surface area contributed by atoms with Crippen molar-refractivity contribution in [1.82, 2.24) is 9.97 Å². The molecular formula is C17H18N4OS2. The van der Waals surface area contributed by atoms with E-state index >= 15 is 0 Å². The molecule has 0 saturated heterocycles. The number of rotatable bonds is 2. The summed E-state index contributed by atoms with van der Waals surface area (Å²) in [5, 5.41) is 0.858. The summed E-state index contributed by atoms with van der Waals surface area (Å²) in [7, 11) is 0. The van der Waals surface area contributed by atoms with E-state index < -0.39 is 5.91 Å². The molecule has 1 aliphatic rings. The minimum atomic E-state index is -0.496. The largest absolute Gasteiger partial charge is 0.397 e. The lowest BCUT2D eigenvalue weighted by Crippen LogP contribution is -2.23. The number of primary amides is 1. The van der Waals surface area contributed by atoms with Crippen LogP contribution in [0.3, 0.4) is 0 Å². The number of hydrogen-bond donors (Lipinski definition) is 2. The van der Waals surface area contributed by atoms with Gasteiger partial charge in [0.05, 0.1) is 16.1 Å². The van der Waals surface area contributed by atoms with Gasteiger partial charge in [-0.2, -0.15) is 0 Å². The highest BCUT2D eigenvalue weighted by Gasteiger charge is 2.31. The molecule has 0 radical (unpaired) electrons. The van der Waals surface area contributed by atoms with Crippen molar-refractivity contribution in [2.75, 3.05) is 5.73 Å². The van der Waals surface area contributed by atoms with Crippen LogP contribution in [0.15, 0.2) is 11.7 Å². The van der Waals surface area contributed by atoms with Crippen molar-refractivity contribution >= 4 is 44.5 Å². The molecule has 0 bridgehead atoms. The highest BCUT2D eigenvalue weighted by Crippen LogP contribution is 2.46. The molecule has 3 aromatic rings. The first kappa shape index (κ1) is 15.5. The highest BCUT2D eigenvalue weighted by atomic mass is 32.1. The lowest BCUT2D eigenvalue weighted by atomic mass is 9.75. The normalized spacial score (nSPS) is 16.2. The SMILES string of the molecule is CC1(C)CCc2c(nc3sc(C(N)=O)c(N)c3c2-c2cncs2)C1. The zero-order chi connectivity index (χ0) is 17.1. The fraction of sp³-hybridized carbons (Fsp3) is 0.353. The standard InChI is InChI=1S/C17H18N4OS2/c1-17(2)4-3-8-9(5-17)21-16-12(11(8)10-6-20-7-23-10)13(18)14(24-16)15(19)22/h6-7H,3-5,18H2,1-2H3,(H2,19,22). The van der Waals surface area contributed by atoms with Crippen molar-refractivity contribution in [2.24, 2.45) is 11.1 Å². The summed E-state index contributed by atoms with van der Waals surface area (Å²) in [6, 6.07) is 0. The van der Waals surface area contributed by atoms with Crippen LogP contribution < -0.4 is 11.5 Å². The van der Waals surface area contributed by atoms with Gasteiger partial charge in [0.1, 0.15) is 9.71 Å². The molecular weight excluding hydrogens is 340 g/mol. The zero-order valence-electron chi connectivity index (χ0n) is 13.5. The molecule has 1 aliphatic carbocycles. The molecule has 5 nitrogen and oxygen atoms in total. The number of nitrogen functional groups attached to an aromatic ring is 1. The summed E-state index contributed by atoms with van der Waals surface area (Å²) in [6.45, 7) is 4.54. The van der Waals surface area contributed by atoms with Crippen LogP contribution in [0, 0.1) is 5.41 Å². The Kier molecular flexibility index (Phi) is 3.40. The summed E-state index contributed by atoms with van der Waals surface area (Å²) in [5.74, 6) is -0.496. The fourth-order valence-electron chi connectivity index (χ4n) is 3.45. The van der Waals surface area contributed by atoms with Crippen LogP contribution >= 0.6 is 22.7 Å². The summed E-state index contributed by atoms with van der Waals surface area (Å²) in [6.07, 6.45) is 4.85. The Morgan fingerprint density at radius 2 is 2.17 bits per heavy atom. The van der Waals surface area contributed by atoms with Crippen LogP contribution in [0.5, 0.6) is 0 Å². The molecule has 0 unspecified atom stereocenters. The van der Waals surface area contributed by atoms with Crippen molar-refractivity contribution in [1.29, 1.82) is 0 Å². The lowest BCUT2D eigenvalue weighted by molar-refractivity contribution is 0.100. The maximum Gasteiger partial charge on any atom is 0.260 e. The van der Waals surface area contributed by atoms with Crippen LogP contribution in [0.4, 0.5) is 5.69 Å². The van der Waals surface area contributed by atoms with Crippen LogP contribution in [0.1, 0.15) is 41.2 Å². The number of thiophene rings is 1. The van der Waals surface area contributed by atoms with Crippen molar-refractivity contribution in [3.05, 3.63) is 27.8 Å². The maximum absolute atomic E-state index is 11.7. The third-order valence-electron chi connectivity index (χ3n) is 4.66. The topological polar surface area (TPSA) is 94.9 Å². The second kappa shape index (κ2) is 5.26. The van der Waals surface area contributed by atoms with E-state index in [0.29, 0.717) is 10.6 Å². The average molecular weight is 358 g/mol. The van der Waals surface area contributed by atoms with Crippen molar-refractivity contribution in [2.45, 2.75) is 33.1 Å². The molecule has 0 aliphatic heterocycles. The number of nitrogens with zero attached hydrogens (tertiary/aromatic N) is 2. The predicted molar refractivity (Wildman–Crippen MR) is 99.5 cm³/mol. The Hall–Kier alpha value is -1.99. The molecule has 4 rings (SSSR count). The molecule has 3 heterocycles. The van der Waals surface area contributed by atoms with Gasteiger partial charge in [-0.1, -0.05) is 13.8 Å². The predicted octanol–water partition coefficient (Wildman–Crippen LogP) is 3.62. The summed E-state index contributed by atoms with van der Waals surface area (Å²) < 4.78 is 0. The molecule has 1 amide bonds. The van der Waals surface area contributed by atoms with Crippen molar-refractivity contribution in [3.8, 4) is 10.4 Å². The van der Waals surface area contributed by atoms with Gasteiger partial charge in [0.25, 0.3) is 5.91 Å². The van der Waals surface area contributed by atoms with Gasteiger partial charge < -0.3 is 11.5 Å². The van der Waals surface area contributed by atoms with E-state index in [1.807, 2.05) is 11.7 Å². The minimum absolute atomic E-state index is 0.230. The fourth-order valence-corrected chi connectivity index (χ4v) is 5.13. The van der Waals surface area contributed by atoms with Crippen LogP contribution in [0.2, 0.25) is 0 Å². The monoisotopic (exact) mass is 358 g/mol. The van der Waals surface area contributed by atoms with Crippen molar-refractivity contribution < 1.29 is 4.79 Å². The number of nitrogens with two attached hydrogens (primary N) is 2. The van der Waals surface area contributed by atoms with Gasteiger partial charge in [-0.3, -0.25) is 9.78 Å². The Labute approximate surface area is 147 Å². The summed E-state index contributed by atoms with van der Waals surface area (Å²) in [4.78, 5) is 23.1. The molecule has 24 heavy (non-hydrogen) atoms. The van der Waals surface area contributed by atoms with E-state index in [2.05, 4.69) is 18.8 Å². The first-order chi connectivity index (χ1) is 11.4. The van der Waals surface area contributed by atoms with E-state index in [4.69, 9.17) is 16.5 Å². The molecule has 3 aromatic heterocycles. The Morgan fingerprint density at radius 1 is 1.38 bits per heavy atom. The number of carbonyl (C=O) groups excluding carboxylic acids is 1. The van der Waals surface area contributed by atoms with Gasteiger partial charge in [0.15, 0.2) is 0 Å². The second-order valence-electron chi connectivity index (χ2n) is 7.01. The molecule has 124 valence electrons. The number of thiazole rings is 1. The molecule has 0 fully saturated rings. The second-order valence-corrected chi connectivity index (χ2v) is 8.89. The maximum atomic E-state index is 11.7. The quantitative estimate of drug-likeness (QED) is 0.731. The average Bonchev–Trinajstić information content (AvgIpc) is 3.12. The number of aromatic nitrogens is 2. The molecule has 7 heteroatoms. The van der Waals surface area contributed by atoms with Gasteiger partial charge in [-0.15, -0.1) is 22.7 Å². The van der Waals surface area contributed by atoms with E-state index in [9.17, 15) is 4.79 Å². The Bertz CT molecular complexity index is 957. The number of anilines is 1. The van der Waals surface area contributed by atoms with Gasteiger partial charge in [0, 0.05) is 22.8 Å². The van der Waals surface area contributed by atoms with Crippen LogP contribution in [0.25, 0.3) is 20.7 Å². The number of carbonyl (C=O) groups is 1. The summed E-state index contributed by atoms with van der Waals surface area (Å²) >= 11 is 2.87.